The Morgan fingerprint density at radius 1 is 1.16 bits per heavy atom. The van der Waals surface area contributed by atoms with Crippen molar-refractivity contribution >= 4 is 39.8 Å². The van der Waals surface area contributed by atoms with E-state index in [1.165, 1.54) is 11.3 Å². The first kappa shape index (κ1) is 21.6. The van der Waals surface area contributed by atoms with Gasteiger partial charge >= 0.3 is 5.97 Å². The summed E-state index contributed by atoms with van der Waals surface area (Å²) in [4.78, 5) is 41.2. The highest BCUT2D eigenvalue weighted by Gasteiger charge is 2.36. The molecule has 1 aliphatic carbocycles. The molecule has 0 spiro atoms. The van der Waals surface area contributed by atoms with Crippen LogP contribution in [0, 0.1) is 19.8 Å². The van der Waals surface area contributed by atoms with E-state index in [-0.39, 0.29) is 24.2 Å². The number of hydrogen-bond acceptors (Lipinski definition) is 5. The van der Waals surface area contributed by atoms with Gasteiger partial charge in [-0.2, -0.15) is 0 Å². The first-order chi connectivity index (χ1) is 14.9. The lowest BCUT2D eigenvalue weighted by Gasteiger charge is -2.18. The van der Waals surface area contributed by atoms with E-state index in [1.54, 1.807) is 11.8 Å². The summed E-state index contributed by atoms with van der Waals surface area (Å²) in [5, 5.41) is 3.53. The lowest BCUT2D eigenvalue weighted by atomic mass is 9.95. The molecule has 1 aromatic carbocycles. The monoisotopic (exact) mass is 440 g/mol. The predicted octanol–water partition coefficient (Wildman–Crippen LogP) is 4.41. The van der Waals surface area contributed by atoms with Gasteiger partial charge in [-0.1, -0.05) is 6.07 Å². The van der Waals surface area contributed by atoms with Crippen molar-refractivity contribution in [1.29, 1.82) is 0 Å². The molecule has 1 unspecified atom stereocenters. The van der Waals surface area contributed by atoms with Gasteiger partial charge < -0.3 is 15.0 Å². The molecule has 1 saturated heterocycles. The third-order valence-corrected chi connectivity index (χ3v) is 7.11. The highest BCUT2D eigenvalue weighted by molar-refractivity contribution is 7.17. The molecule has 2 aromatic rings. The second-order valence-electron chi connectivity index (χ2n) is 8.38. The molecule has 0 radical (unpaired) electrons. The second-order valence-corrected chi connectivity index (χ2v) is 9.48. The van der Waals surface area contributed by atoms with Crippen LogP contribution in [0.4, 0.5) is 10.7 Å². The number of thiophene rings is 1. The number of fused-ring (bicyclic) bond motifs is 1. The minimum atomic E-state index is -0.456. The molecular weight excluding hydrogens is 412 g/mol. The van der Waals surface area contributed by atoms with Gasteiger partial charge in [0.15, 0.2) is 0 Å². The molecule has 0 saturated carbocycles. The average Bonchev–Trinajstić information content (AvgIpc) is 3.27. The van der Waals surface area contributed by atoms with Crippen LogP contribution >= 0.6 is 11.3 Å². The summed E-state index contributed by atoms with van der Waals surface area (Å²) in [5.41, 5.74) is 4.52. The minimum absolute atomic E-state index is 0.0544. The Hall–Kier alpha value is -2.67. The molecule has 0 bridgehead atoms. The van der Waals surface area contributed by atoms with Gasteiger partial charge in [-0.15, -0.1) is 11.3 Å². The number of aryl methyl sites for hydroxylation is 3. The number of rotatable bonds is 5. The lowest BCUT2D eigenvalue weighted by molar-refractivity contribution is -0.122. The summed E-state index contributed by atoms with van der Waals surface area (Å²) in [6, 6.07) is 6.00. The Bertz CT molecular complexity index is 1020. The average molecular weight is 441 g/mol. The highest BCUT2D eigenvalue weighted by atomic mass is 32.1. The summed E-state index contributed by atoms with van der Waals surface area (Å²) in [7, 11) is 0. The van der Waals surface area contributed by atoms with E-state index in [0.717, 1.165) is 52.9 Å². The van der Waals surface area contributed by atoms with Gasteiger partial charge in [0.2, 0.25) is 11.8 Å². The van der Waals surface area contributed by atoms with Gasteiger partial charge in [-0.25, -0.2) is 4.79 Å². The Labute approximate surface area is 186 Å². The zero-order valence-electron chi connectivity index (χ0n) is 18.2. The summed E-state index contributed by atoms with van der Waals surface area (Å²) in [6.07, 6.45) is 4.04. The quantitative estimate of drug-likeness (QED) is 0.699. The fourth-order valence-electron chi connectivity index (χ4n) is 4.53. The van der Waals surface area contributed by atoms with Crippen LogP contribution in [0.2, 0.25) is 0 Å². The van der Waals surface area contributed by atoms with Crippen molar-refractivity contribution in [3.8, 4) is 0 Å². The van der Waals surface area contributed by atoms with Gasteiger partial charge in [-0.05, 0) is 75.3 Å². The summed E-state index contributed by atoms with van der Waals surface area (Å²) in [6.45, 7) is 6.40. The smallest absolute Gasteiger partial charge is 0.341 e. The molecule has 1 aromatic heterocycles. The van der Waals surface area contributed by atoms with Crippen molar-refractivity contribution in [2.75, 3.05) is 23.4 Å². The van der Waals surface area contributed by atoms with Gasteiger partial charge in [0.25, 0.3) is 0 Å². The zero-order valence-corrected chi connectivity index (χ0v) is 19.1. The number of amides is 2. The van der Waals surface area contributed by atoms with Crippen molar-refractivity contribution in [3.63, 3.8) is 0 Å². The van der Waals surface area contributed by atoms with E-state index in [0.29, 0.717) is 23.7 Å². The van der Waals surface area contributed by atoms with E-state index in [2.05, 4.69) is 11.4 Å². The third kappa shape index (κ3) is 4.37. The molecule has 164 valence electrons. The largest absolute Gasteiger partial charge is 0.462 e. The molecule has 6 nitrogen and oxygen atoms in total. The molecule has 31 heavy (non-hydrogen) atoms. The zero-order chi connectivity index (χ0) is 22.1. The maximum Gasteiger partial charge on any atom is 0.341 e. The number of nitrogens with one attached hydrogen (secondary N) is 1. The van der Waals surface area contributed by atoms with Crippen LogP contribution in [0.3, 0.4) is 0 Å². The maximum absolute atomic E-state index is 13.1. The standard InChI is InChI=1S/C24H28N2O4S/c1-4-30-24(29)21-18-7-5-6-8-19(18)31-23(21)25-22(28)16-12-20(27)26(13-16)17-10-14(2)9-15(3)11-17/h9-11,16H,4-8,12-13H2,1-3H3,(H,25,28). The van der Waals surface area contributed by atoms with Crippen LogP contribution in [-0.2, 0) is 27.2 Å². The first-order valence-electron chi connectivity index (χ1n) is 10.9. The van der Waals surface area contributed by atoms with Crippen LogP contribution in [0.5, 0.6) is 0 Å². The normalized spacial score (nSPS) is 18.1. The number of nitrogens with zero attached hydrogens (tertiary/aromatic N) is 1. The summed E-state index contributed by atoms with van der Waals surface area (Å²) >= 11 is 1.47. The third-order valence-electron chi connectivity index (χ3n) is 5.90. The number of carbonyl (C=O) groups is 3. The first-order valence-corrected chi connectivity index (χ1v) is 11.7. The lowest BCUT2D eigenvalue weighted by Crippen LogP contribution is -2.28. The number of anilines is 2. The van der Waals surface area contributed by atoms with E-state index < -0.39 is 5.92 Å². The van der Waals surface area contributed by atoms with Crippen molar-refractivity contribution in [1.82, 2.24) is 0 Å². The minimum Gasteiger partial charge on any atom is -0.462 e. The SMILES string of the molecule is CCOC(=O)c1c(NC(=O)C2CC(=O)N(c3cc(C)cc(C)c3)C2)sc2c1CCCC2. The molecular formula is C24H28N2O4S. The number of esters is 1. The summed E-state index contributed by atoms with van der Waals surface area (Å²) < 4.78 is 5.27. The Balaban J connectivity index is 1.54. The molecule has 4 rings (SSSR count). The van der Waals surface area contributed by atoms with Crippen LogP contribution in [-0.4, -0.2) is 30.9 Å². The number of carbonyl (C=O) groups excluding carboxylic acids is 3. The maximum atomic E-state index is 13.1. The van der Waals surface area contributed by atoms with Crippen LogP contribution in [0.25, 0.3) is 0 Å². The predicted molar refractivity (Wildman–Crippen MR) is 122 cm³/mol. The van der Waals surface area contributed by atoms with Gasteiger partial charge in [0.05, 0.1) is 18.1 Å². The van der Waals surface area contributed by atoms with E-state index in [9.17, 15) is 14.4 Å². The molecule has 2 heterocycles. The van der Waals surface area contributed by atoms with Crippen molar-refractivity contribution in [2.45, 2.75) is 52.9 Å². The highest BCUT2D eigenvalue weighted by Crippen LogP contribution is 2.39. The van der Waals surface area contributed by atoms with Crippen molar-refractivity contribution in [2.24, 2.45) is 5.92 Å². The van der Waals surface area contributed by atoms with Crippen LogP contribution in [0.15, 0.2) is 18.2 Å². The Kier molecular flexibility index (Phi) is 6.14. The molecule has 2 amide bonds. The van der Waals surface area contributed by atoms with E-state index in [1.807, 2.05) is 26.0 Å². The number of hydrogen-bond donors (Lipinski definition) is 1. The Morgan fingerprint density at radius 2 is 1.87 bits per heavy atom. The van der Waals surface area contributed by atoms with Gasteiger partial charge in [0.1, 0.15) is 5.00 Å². The van der Waals surface area contributed by atoms with E-state index in [4.69, 9.17) is 4.74 Å². The number of ether oxygens (including phenoxy) is 1. The van der Waals surface area contributed by atoms with Crippen molar-refractivity contribution < 1.29 is 19.1 Å². The van der Waals surface area contributed by atoms with E-state index >= 15 is 0 Å². The topological polar surface area (TPSA) is 75.7 Å². The second kappa shape index (κ2) is 8.83. The fourth-order valence-corrected chi connectivity index (χ4v) is 5.81. The van der Waals surface area contributed by atoms with Crippen molar-refractivity contribution in [3.05, 3.63) is 45.3 Å². The molecule has 1 atom stereocenters. The Morgan fingerprint density at radius 3 is 2.58 bits per heavy atom. The molecule has 7 heteroatoms. The summed E-state index contributed by atoms with van der Waals surface area (Å²) in [5.74, 6) is -1.11. The fraction of sp³-hybridized carbons (Fsp3) is 0.458. The number of benzene rings is 1. The van der Waals surface area contributed by atoms with Gasteiger partial charge in [0, 0.05) is 23.5 Å². The molecule has 1 fully saturated rings. The molecule has 2 aliphatic rings. The molecule has 1 N–H and O–H groups in total. The van der Waals surface area contributed by atoms with Gasteiger partial charge in [-0.3, -0.25) is 9.59 Å². The molecule has 1 aliphatic heterocycles. The van der Waals surface area contributed by atoms with Crippen LogP contribution in [0.1, 0.15) is 58.1 Å². The van der Waals surface area contributed by atoms with Crippen LogP contribution < -0.4 is 10.2 Å².